The third kappa shape index (κ3) is 4.64. The molecular formula is C17H26O. The lowest BCUT2D eigenvalue weighted by atomic mass is 9.82. The van der Waals surface area contributed by atoms with E-state index in [9.17, 15) is 4.79 Å². The first kappa shape index (κ1) is 14.9. The van der Waals surface area contributed by atoms with Gasteiger partial charge in [-0.3, -0.25) is 4.79 Å². The summed E-state index contributed by atoms with van der Waals surface area (Å²) in [7, 11) is 0. The molecule has 0 bridgehead atoms. The van der Waals surface area contributed by atoms with Crippen molar-refractivity contribution in [1.29, 1.82) is 0 Å². The molecule has 1 aromatic carbocycles. The van der Waals surface area contributed by atoms with E-state index in [1.54, 1.807) is 0 Å². The molecule has 100 valence electrons. The molecule has 0 N–H and O–H groups in total. The fourth-order valence-electron chi connectivity index (χ4n) is 2.64. The van der Waals surface area contributed by atoms with Gasteiger partial charge in [-0.2, -0.15) is 0 Å². The van der Waals surface area contributed by atoms with Gasteiger partial charge in [0.1, 0.15) is 0 Å². The Morgan fingerprint density at radius 3 is 2.39 bits per heavy atom. The van der Waals surface area contributed by atoms with Crippen LogP contribution in [0.2, 0.25) is 0 Å². The molecule has 0 saturated heterocycles. The van der Waals surface area contributed by atoms with E-state index in [0.717, 1.165) is 18.4 Å². The summed E-state index contributed by atoms with van der Waals surface area (Å²) in [6, 6.07) is 7.99. The minimum atomic E-state index is 0.296. The molecular weight excluding hydrogens is 220 g/mol. The van der Waals surface area contributed by atoms with Crippen LogP contribution in [0.3, 0.4) is 0 Å². The van der Waals surface area contributed by atoms with Gasteiger partial charge in [0, 0.05) is 12.0 Å². The van der Waals surface area contributed by atoms with Gasteiger partial charge >= 0.3 is 0 Å². The van der Waals surface area contributed by atoms with Crippen molar-refractivity contribution in [2.45, 2.75) is 53.9 Å². The molecule has 1 unspecified atom stereocenters. The highest BCUT2D eigenvalue weighted by Gasteiger charge is 2.19. The van der Waals surface area contributed by atoms with Crippen LogP contribution < -0.4 is 0 Å². The van der Waals surface area contributed by atoms with Gasteiger partial charge in [0.2, 0.25) is 0 Å². The lowest BCUT2D eigenvalue weighted by molar-refractivity contribution is 0.0953. The van der Waals surface area contributed by atoms with Crippen LogP contribution >= 0.6 is 0 Å². The van der Waals surface area contributed by atoms with Gasteiger partial charge in [-0.1, -0.05) is 58.9 Å². The van der Waals surface area contributed by atoms with E-state index in [0.29, 0.717) is 23.5 Å². The maximum Gasteiger partial charge on any atom is 0.163 e. The van der Waals surface area contributed by atoms with E-state index < -0.39 is 0 Å². The van der Waals surface area contributed by atoms with Gasteiger partial charge in [-0.25, -0.2) is 0 Å². The first-order valence-corrected chi connectivity index (χ1v) is 6.94. The second kappa shape index (κ2) is 6.17. The molecule has 0 radical (unpaired) electrons. The molecule has 18 heavy (non-hydrogen) atoms. The lowest BCUT2D eigenvalue weighted by Crippen LogP contribution is -2.15. The van der Waals surface area contributed by atoms with E-state index in [2.05, 4.69) is 40.7 Å². The van der Waals surface area contributed by atoms with E-state index in [-0.39, 0.29) is 0 Å². The van der Waals surface area contributed by atoms with Crippen molar-refractivity contribution < 1.29 is 4.79 Å². The van der Waals surface area contributed by atoms with Crippen LogP contribution in [0.4, 0.5) is 0 Å². The Labute approximate surface area is 112 Å². The summed E-state index contributed by atoms with van der Waals surface area (Å²) in [6.45, 7) is 11.0. The van der Waals surface area contributed by atoms with E-state index in [1.165, 1.54) is 5.56 Å². The molecule has 0 amide bonds. The van der Waals surface area contributed by atoms with Crippen LogP contribution in [0.5, 0.6) is 0 Å². The number of Topliss-reactive ketones (excluding diaryl/α,β-unsaturated/α-hetero) is 1. The van der Waals surface area contributed by atoms with Crippen molar-refractivity contribution in [2.75, 3.05) is 0 Å². The highest BCUT2D eigenvalue weighted by atomic mass is 16.1. The van der Waals surface area contributed by atoms with Crippen LogP contribution in [-0.2, 0) is 6.42 Å². The zero-order chi connectivity index (χ0) is 13.8. The van der Waals surface area contributed by atoms with Crippen LogP contribution in [-0.4, -0.2) is 5.78 Å². The second-order valence-electron chi connectivity index (χ2n) is 6.51. The largest absolute Gasteiger partial charge is 0.294 e. The SMILES string of the molecule is CCc1ccccc1C(=O)CC(C)CC(C)(C)C. The van der Waals surface area contributed by atoms with Crippen LogP contribution in [0.15, 0.2) is 24.3 Å². The molecule has 0 aliphatic rings. The van der Waals surface area contributed by atoms with Crippen molar-refractivity contribution in [2.24, 2.45) is 11.3 Å². The van der Waals surface area contributed by atoms with Crippen LogP contribution in [0.25, 0.3) is 0 Å². The highest BCUT2D eigenvalue weighted by molar-refractivity contribution is 5.97. The van der Waals surface area contributed by atoms with Gasteiger partial charge in [0.05, 0.1) is 0 Å². The number of ketones is 1. The normalized spacial score (nSPS) is 13.4. The van der Waals surface area contributed by atoms with Gasteiger partial charge in [-0.05, 0) is 29.7 Å². The highest BCUT2D eigenvalue weighted by Crippen LogP contribution is 2.27. The fraction of sp³-hybridized carbons (Fsp3) is 0.588. The number of rotatable bonds is 5. The summed E-state index contributed by atoms with van der Waals surface area (Å²) >= 11 is 0. The molecule has 0 aliphatic heterocycles. The Bertz CT molecular complexity index is 398. The average Bonchev–Trinajstić information content (AvgIpc) is 2.26. The summed E-state index contributed by atoms with van der Waals surface area (Å²) in [5.41, 5.74) is 2.38. The van der Waals surface area contributed by atoms with Crippen molar-refractivity contribution in [3.63, 3.8) is 0 Å². The molecule has 0 heterocycles. The van der Waals surface area contributed by atoms with Crippen molar-refractivity contribution in [1.82, 2.24) is 0 Å². The zero-order valence-electron chi connectivity index (χ0n) is 12.4. The molecule has 0 saturated carbocycles. The molecule has 1 aromatic rings. The third-order valence-corrected chi connectivity index (χ3v) is 3.19. The summed E-state index contributed by atoms with van der Waals surface area (Å²) < 4.78 is 0. The standard InChI is InChI=1S/C17H26O/c1-6-14-9-7-8-10-15(14)16(18)11-13(2)12-17(3,4)5/h7-10,13H,6,11-12H2,1-5H3. The van der Waals surface area contributed by atoms with Crippen LogP contribution in [0, 0.1) is 11.3 Å². The van der Waals surface area contributed by atoms with E-state index in [4.69, 9.17) is 0 Å². The van der Waals surface area contributed by atoms with Gasteiger partial charge in [0.25, 0.3) is 0 Å². The second-order valence-corrected chi connectivity index (χ2v) is 6.51. The molecule has 0 aromatic heterocycles. The molecule has 0 aliphatic carbocycles. The number of hydrogen-bond donors (Lipinski definition) is 0. The summed E-state index contributed by atoms with van der Waals surface area (Å²) in [5.74, 6) is 0.742. The first-order valence-electron chi connectivity index (χ1n) is 6.94. The van der Waals surface area contributed by atoms with Crippen molar-refractivity contribution in [3.8, 4) is 0 Å². The summed E-state index contributed by atoms with van der Waals surface area (Å²) in [4.78, 5) is 12.3. The van der Waals surface area contributed by atoms with Gasteiger partial charge < -0.3 is 0 Å². The van der Waals surface area contributed by atoms with E-state index in [1.807, 2.05) is 18.2 Å². The summed E-state index contributed by atoms with van der Waals surface area (Å²) in [6.07, 6.45) is 2.68. The fourth-order valence-corrected chi connectivity index (χ4v) is 2.64. The predicted octanol–water partition coefficient (Wildman–Crippen LogP) is 4.89. The average molecular weight is 246 g/mol. The number of carbonyl (C=O) groups is 1. The number of benzene rings is 1. The Morgan fingerprint density at radius 1 is 1.22 bits per heavy atom. The molecule has 0 fully saturated rings. The lowest BCUT2D eigenvalue weighted by Gasteiger charge is -2.23. The molecule has 1 nitrogen and oxygen atoms in total. The minimum Gasteiger partial charge on any atom is -0.294 e. The first-order chi connectivity index (χ1) is 8.33. The molecule has 1 rings (SSSR count). The zero-order valence-corrected chi connectivity index (χ0v) is 12.4. The predicted molar refractivity (Wildman–Crippen MR) is 78.0 cm³/mol. The Hall–Kier alpha value is -1.11. The summed E-state index contributed by atoms with van der Waals surface area (Å²) in [5, 5.41) is 0. The molecule has 1 heteroatoms. The number of hydrogen-bond acceptors (Lipinski definition) is 1. The Kier molecular flexibility index (Phi) is 5.13. The maximum atomic E-state index is 12.3. The number of carbonyl (C=O) groups excluding carboxylic acids is 1. The van der Waals surface area contributed by atoms with E-state index >= 15 is 0 Å². The third-order valence-electron chi connectivity index (χ3n) is 3.19. The quantitative estimate of drug-likeness (QED) is 0.676. The van der Waals surface area contributed by atoms with Crippen LogP contribution in [0.1, 0.15) is 63.4 Å². The number of aryl methyl sites for hydroxylation is 1. The smallest absolute Gasteiger partial charge is 0.163 e. The monoisotopic (exact) mass is 246 g/mol. The molecule has 1 atom stereocenters. The van der Waals surface area contributed by atoms with Gasteiger partial charge in [-0.15, -0.1) is 0 Å². The van der Waals surface area contributed by atoms with Gasteiger partial charge in [0.15, 0.2) is 5.78 Å². The Balaban J connectivity index is 2.71. The van der Waals surface area contributed by atoms with Crippen molar-refractivity contribution in [3.05, 3.63) is 35.4 Å². The topological polar surface area (TPSA) is 17.1 Å². The maximum absolute atomic E-state index is 12.3. The Morgan fingerprint density at radius 2 is 1.83 bits per heavy atom. The minimum absolute atomic E-state index is 0.296. The van der Waals surface area contributed by atoms with Crippen molar-refractivity contribution >= 4 is 5.78 Å². The molecule has 0 spiro atoms.